The number of nitrogens with zero attached hydrogens (tertiary/aromatic N) is 4. The quantitative estimate of drug-likeness (QED) is 0.674. The molecule has 8 nitrogen and oxygen atoms in total. The van der Waals surface area contributed by atoms with Crippen LogP contribution in [-0.2, 0) is 4.79 Å². The third-order valence-corrected chi connectivity index (χ3v) is 6.64. The molecule has 0 radical (unpaired) electrons. The molecule has 1 atom stereocenters. The molecule has 0 aromatic heterocycles. The molecule has 0 spiro atoms. The molecule has 1 saturated heterocycles. The van der Waals surface area contributed by atoms with Gasteiger partial charge in [-0.1, -0.05) is 13.0 Å². The summed E-state index contributed by atoms with van der Waals surface area (Å²) in [5.74, 6) is 2.27. The number of benzene rings is 2. The van der Waals surface area contributed by atoms with E-state index in [0.717, 1.165) is 61.1 Å². The van der Waals surface area contributed by atoms with Crippen molar-refractivity contribution < 1.29 is 19.0 Å². The van der Waals surface area contributed by atoms with Crippen molar-refractivity contribution in [1.82, 2.24) is 14.8 Å². The molecule has 3 aliphatic rings. The molecule has 0 N–H and O–H groups in total. The smallest absolute Gasteiger partial charge is 0.257 e. The highest BCUT2D eigenvalue weighted by molar-refractivity contribution is 6.03. The first-order chi connectivity index (χ1) is 16.1. The van der Waals surface area contributed by atoms with E-state index in [1.165, 1.54) is 0 Å². The van der Waals surface area contributed by atoms with Crippen molar-refractivity contribution in [2.75, 3.05) is 53.2 Å². The van der Waals surface area contributed by atoms with Crippen LogP contribution in [-0.4, -0.2) is 79.6 Å². The van der Waals surface area contributed by atoms with Crippen LogP contribution in [0.4, 0.5) is 0 Å². The highest BCUT2D eigenvalue weighted by atomic mass is 16.7. The minimum absolute atomic E-state index is 0.0196. The van der Waals surface area contributed by atoms with E-state index < -0.39 is 0 Å². The monoisotopic (exact) mass is 450 g/mol. The fourth-order valence-electron chi connectivity index (χ4n) is 4.61. The van der Waals surface area contributed by atoms with Gasteiger partial charge in [-0.25, -0.2) is 5.01 Å². The zero-order valence-electron chi connectivity index (χ0n) is 19.2. The number of piperazine rings is 1. The molecule has 3 heterocycles. The van der Waals surface area contributed by atoms with Crippen molar-refractivity contribution in [2.24, 2.45) is 5.10 Å². The van der Waals surface area contributed by atoms with Crippen molar-refractivity contribution in [3.63, 3.8) is 0 Å². The maximum Gasteiger partial charge on any atom is 0.257 e. The fraction of sp³-hybridized carbons (Fsp3) is 0.440. The first-order valence-corrected chi connectivity index (χ1v) is 11.5. The molecule has 8 heteroatoms. The summed E-state index contributed by atoms with van der Waals surface area (Å²) in [4.78, 5) is 18.1. The maximum absolute atomic E-state index is 13.4. The molecule has 5 rings (SSSR count). The fourth-order valence-corrected chi connectivity index (χ4v) is 4.61. The van der Waals surface area contributed by atoms with Crippen LogP contribution in [0.25, 0.3) is 0 Å². The molecule has 2 aromatic carbocycles. The van der Waals surface area contributed by atoms with Gasteiger partial charge in [-0.2, -0.15) is 5.10 Å². The Morgan fingerprint density at radius 1 is 1.03 bits per heavy atom. The van der Waals surface area contributed by atoms with Crippen molar-refractivity contribution in [3.05, 3.63) is 53.6 Å². The molecule has 0 aliphatic carbocycles. The Kier molecular flexibility index (Phi) is 6.20. The maximum atomic E-state index is 13.4. The van der Waals surface area contributed by atoms with Crippen LogP contribution < -0.4 is 14.2 Å². The molecule has 33 heavy (non-hydrogen) atoms. The molecule has 174 valence electrons. The summed E-state index contributed by atoms with van der Waals surface area (Å²) in [6, 6.07) is 13.5. The first-order valence-electron chi connectivity index (χ1n) is 11.5. The van der Waals surface area contributed by atoms with Crippen molar-refractivity contribution in [2.45, 2.75) is 19.4 Å². The number of amides is 1. The van der Waals surface area contributed by atoms with Gasteiger partial charge in [0.15, 0.2) is 11.5 Å². The molecular weight excluding hydrogens is 420 g/mol. The molecule has 3 aliphatic heterocycles. The molecule has 0 saturated carbocycles. The van der Waals surface area contributed by atoms with Crippen LogP contribution >= 0.6 is 0 Å². The lowest BCUT2D eigenvalue weighted by molar-refractivity contribution is -0.134. The zero-order valence-corrected chi connectivity index (χ0v) is 19.2. The number of carbonyl (C=O) groups is 1. The molecule has 1 amide bonds. The summed E-state index contributed by atoms with van der Waals surface area (Å²) in [6.07, 6.45) is 0.640. The van der Waals surface area contributed by atoms with Gasteiger partial charge in [0.25, 0.3) is 5.91 Å². The van der Waals surface area contributed by atoms with Gasteiger partial charge < -0.3 is 19.1 Å². The molecule has 2 aromatic rings. The Hall–Kier alpha value is -3.10. The van der Waals surface area contributed by atoms with Gasteiger partial charge >= 0.3 is 0 Å². The van der Waals surface area contributed by atoms with Crippen LogP contribution in [0.15, 0.2) is 47.6 Å². The van der Waals surface area contributed by atoms with E-state index in [1.807, 2.05) is 42.5 Å². The van der Waals surface area contributed by atoms with Crippen LogP contribution in [0.1, 0.15) is 30.5 Å². The van der Waals surface area contributed by atoms with E-state index in [1.54, 1.807) is 12.1 Å². The topological polar surface area (TPSA) is 66.8 Å². The van der Waals surface area contributed by atoms with E-state index >= 15 is 0 Å². The Morgan fingerprint density at radius 2 is 1.76 bits per heavy atom. The second kappa shape index (κ2) is 9.41. The highest BCUT2D eigenvalue weighted by Gasteiger charge is 2.35. The van der Waals surface area contributed by atoms with E-state index in [2.05, 4.69) is 16.7 Å². The summed E-state index contributed by atoms with van der Waals surface area (Å²) in [5.41, 5.74) is 2.88. The van der Waals surface area contributed by atoms with Crippen LogP contribution in [0.5, 0.6) is 17.2 Å². The lowest BCUT2D eigenvalue weighted by Crippen LogP contribution is -2.49. The van der Waals surface area contributed by atoms with E-state index in [-0.39, 0.29) is 18.7 Å². The minimum Gasteiger partial charge on any atom is -0.497 e. The second-order valence-corrected chi connectivity index (χ2v) is 8.56. The molecule has 0 bridgehead atoms. The number of hydrogen-bond acceptors (Lipinski definition) is 7. The molecular formula is C25H30N4O4. The SMILES string of the molecule is CCN1CCN(CC(=O)N2N=C(c3ccc(OC)cc3)CC2c2ccc3c(c2)OCO3)CC1. The van der Waals surface area contributed by atoms with Crippen LogP contribution in [0, 0.1) is 0 Å². The summed E-state index contributed by atoms with van der Waals surface area (Å²) >= 11 is 0. The zero-order chi connectivity index (χ0) is 22.8. The number of fused-ring (bicyclic) bond motifs is 1. The number of carbonyl (C=O) groups excluding carboxylic acids is 1. The number of likely N-dealkylation sites (N-methyl/N-ethyl adjacent to an activating group) is 1. The minimum atomic E-state index is -0.180. The van der Waals surface area contributed by atoms with Crippen molar-refractivity contribution in [1.29, 1.82) is 0 Å². The van der Waals surface area contributed by atoms with Crippen molar-refractivity contribution in [3.8, 4) is 17.2 Å². The van der Waals surface area contributed by atoms with E-state index in [0.29, 0.717) is 18.7 Å². The summed E-state index contributed by atoms with van der Waals surface area (Å²) < 4.78 is 16.3. The van der Waals surface area contributed by atoms with Gasteiger partial charge in [0.2, 0.25) is 6.79 Å². The third kappa shape index (κ3) is 4.54. The lowest BCUT2D eigenvalue weighted by atomic mass is 9.98. The van der Waals surface area contributed by atoms with E-state index in [9.17, 15) is 4.79 Å². The summed E-state index contributed by atoms with van der Waals surface area (Å²) in [7, 11) is 1.65. The second-order valence-electron chi connectivity index (χ2n) is 8.56. The predicted octanol–water partition coefficient (Wildman–Crippen LogP) is 2.74. The van der Waals surface area contributed by atoms with Gasteiger partial charge in [-0.15, -0.1) is 0 Å². The third-order valence-electron chi connectivity index (χ3n) is 6.64. The van der Waals surface area contributed by atoms with Crippen LogP contribution in [0.2, 0.25) is 0 Å². The van der Waals surface area contributed by atoms with Gasteiger partial charge in [-0.3, -0.25) is 9.69 Å². The van der Waals surface area contributed by atoms with Crippen LogP contribution in [0.3, 0.4) is 0 Å². The number of ether oxygens (including phenoxy) is 3. The van der Waals surface area contributed by atoms with Gasteiger partial charge in [0.05, 0.1) is 25.4 Å². The lowest BCUT2D eigenvalue weighted by Gasteiger charge is -2.34. The van der Waals surface area contributed by atoms with E-state index in [4.69, 9.17) is 19.3 Å². The van der Waals surface area contributed by atoms with Gasteiger partial charge in [0.1, 0.15) is 5.75 Å². The highest BCUT2D eigenvalue weighted by Crippen LogP contribution is 2.39. The van der Waals surface area contributed by atoms with Crippen molar-refractivity contribution >= 4 is 11.6 Å². The Bertz CT molecular complexity index is 1030. The molecule has 1 fully saturated rings. The Labute approximate surface area is 194 Å². The number of methoxy groups -OCH3 is 1. The summed E-state index contributed by atoms with van der Waals surface area (Å²) in [6.45, 7) is 7.62. The standard InChI is InChI=1S/C25H30N4O4/c1-3-27-10-12-28(13-11-27)16-25(30)29-22(19-6-9-23-24(14-19)33-17-32-23)15-21(26-29)18-4-7-20(31-2)8-5-18/h4-9,14,22H,3,10-13,15-17H2,1-2H3. The summed E-state index contributed by atoms with van der Waals surface area (Å²) in [5, 5.41) is 6.48. The number of hydrogen-bond donors (Lipinski definition) is 0. The Morgan fingerprint density at radius 3 is 2.48 bits per heavy atom. The largest absolute Gasteiger partial charge is 0.497 e. The Balaban J connectivity index is 1.38. The first kappa shape index (κ1) is 21.7. The number of rotatable bonds is 6. The molecule has 1 unspecified atom stereocenters. The normalized spacial score (nSPS) is 20.7. The average molecular weight is 451 g/mol. The number of hydrazone groups is 1. The average Bonchev–Trinajstić information content (AvgIpc) is 3.51. The van der Waals surface area contributed by atoms with Gasteiger partial charge in [0, 0.05) is 32.6 Å². The van der Waals surface area contributed by atoms with Gasteiger partial charge in [-0.05, 0) is 54.1 Å². The predicted molar refractivity (Wildman–Crippen MR) is 125 cm³/mol.